The Bertz CT molecular complexity index is 881. The van der Waals surface area contributed by atoms with E-state index >= 15 is 0 Å². The number of nitro groups is 1. The number of rotatable bonds is 6. The van der Waals surface area contributed by atoms with E-state index in [0.29, 0.717) is 5.56 Å². The molecule has 0 aromatic heterocycles. The molecule has 3 aromatic rings. The van der Waals surface area contributed by atoms with Crippen LogP contribution < -0.4 is 5.32 Å². The second-order valence-electron chi connectivity index (χ2n) is 5.84. The van der Waals surface area contributed by atoms with Gasteiger partial charge in [-0.3, -0.25) is 15.4 Å². The van der Waals surface area contributed by atoms with Gasteiger partial charge < -0.3 is 0 Å². The lowest BCUT2D eigenvalue weighted by Gasteiger charge is -2.23. The minimum atomic E-state index is -0.680. The third-order valence-corrected chi connectivity index (χ3v) is 4.14. The quantitative estimate of drug-likeness (QED) is 0.526. The average molecular weight is 343 g/mol. The second kappa shape index (κ2) is 8.06. The molecule has 0 amide bonds. The maximum absolute atomic E-state index is 11.0. The Labute approximate surface area is 151 Å². The zero-order valence-electron chi connectivity index (χ0n) is 13.9. The molecule has 0 aliphatic rings. The molecule has 0 bridgehead atoms. The molecule has 0 radical (unpaired) electrons. The molecule has 1 atom stereocenters. The van der Waals surface area contributed by atoms with Crippen LogP contribution in [0.1, 0.15) is 28.8 Å². The molecular formula is C21H17N3O2. The summed E-state index contributed by atoms with van der Waals surface area (Å²) in [5, 5.41) is 24.0. The van der Waals surface area contributed by atoms with Gasteiger partial charge >= 0.3 is 0 Å². The van der Waals surface area contributed by atoms with E-state index in [1.165, 1.54) is 12.1 Å². The SMILES string of the molecule is N#C[C@@H](NC(c1ccccc1)c1ccccc1)c1cccc([N+](=O)[O-])c1. The van der Waals surface area contributed by atoms with Crippen molar-refractivity contribution in [2.45, 2.75) is 12.1 Å². The van der Waals surface area contributed by atoms with E-state index in [0.717, 1.165) is 11.1 Å². The predicted molar refractivity (Wildman–Crippen MR) is 99.3 cm³/mol. The lowest BCUT2D eigenvalue weighted by molar-refractivity contribution is -0.384. The third kappa shape index (κ3) is 3.94. The number of nitrogens with zero attached hydrogens (tertiary/aromatic N) is 2. The zero-order chi connectivity index (χ0) is 18.4. The van der Waals surface area contributed by atoms with Crippen molar-refractivity contribution in [3.63, 3.8) is 0 Å². The number of non-ortho nitro benzene ring substituents is 1. The van der Waals surface area contributed by atoms with Crippen LogP contribution in [0.4, 0.5) is 5.69 Å². The van der Waals surface area contributed by atoms with Crippen LogP contribution >= 0.6 is 0 Å². The second-order valence-corrected chi connectivity index (χ2v) is 5.84. The van der Waals surface area contributed by atoms with Gasteiger partial charge in [0.2, 0.25) is 0 Å². The molecule has 0 spiro atoms. The summed E-state index contributed by atoms with van der Waals surface area (Å²) in [6.07, 6.45) is 0. The number of nitrogens with one attached hydrogen (secondary N) is 1. The molecular weight excluding hydrogens is 326 g/mol. The van der Waals surface area contributed by atoms with Crippen molar-refractivity contribution in [1.29, 1.82) is 5.26 Å². The van der Waals surface area contributed by atoms with Gasteiger partial charge in [0.15, 0.2) is 0 Å². The van der Waals surface area contributed by atoms with Crippen molar-refractivity contribution in [3.05, 3.63) is 112 Å². The van der Waals surface area contributed by atoms with E-state index < -0.39 is 11.0 Å². The average Bonchev–Trinajstić information content (AvgIpc) is 2.70. The fraction of sp³-hybridized carbons (Fsp3) is 0.0952. The number of nitro benzene ring substituents is 1. The summed E-state index contributed by atoms with van der Waals surface area (Å²) >= 11 is 0. The smallest absolute Gasteiger partial charge is 0.269 e. The molecule has 128 valence electrons. The van der Waals surface area contributed by atoms with Crippen LogP contribution in [-0.4, -0.2) is 4.92 Å². The van der Waals surface area contributed by atoms with Crippen molar-refractivity contribution in [3.8, 4) is 6.07 Å². The minimum Gasteiger partial charge on any atom is -0.287 e. The molecule has 0 aliphatic heterocycles. The van der Waals surface area contributed by atoms with E-state index in [2.05, 4.69) is 11.4 Å². The molecule has 26 heavy (non-hydrogen) atoms. The molecule has 0 unspecified atom stereocenters. The lowest BCUT2D eigenvalue weighted by atomic mass is 9.96. The molecule has 5 nitrogen and oxygen atoms in total. The van der Waals surface area contributed by atoms with Crippen molar-refractivity contribution in [2.24, 2.45) is 0 Å². The molecule has 0 saturated carbocycles. The highest BCUT2D eigenvalue weighted by molar-refractivity contribution is 5.39. The van der Waals surface area contributed by atoms with Crippen LogP contribution in [0, 0.1) is 21.4 Å². The van der Waals surface area contributed by atoms with E-state index in [9.17, 15) is 15.4 Å². The summed E-state index contributed by atoms with van der Waals surface area (Å²) < 4.78 is 0. The van der Waals surface area contributed by atoms with Crippen molar-refractivity contribution in [1.82, 2.24) is 5.32 Å². The van der Waals surface area contributed by atoms with Gasteiger partial charge in [0.25, 0.3) is 5.69 Å². The van der Waals surface area contributed by atoms with Crippen LogP contribution in [-0.2, 0) is 0 Å². The fourth-order valence-corrected chi connectivity index (χ4v) is 2.87. The normalized spacial score (nSPS) is 11.7. The Kier molecular flexibility index (Phi) is 5.37. The number of benzene rings is 3. The molecule has 0 heterocycles. The minimum absolute atomic E-state index is 0.0273. The molecule has 0 aliphatic carbocycles. The summed E-state index contributed by atoms with van der Waals surface area (Å²) in [6, 6.07) is 27.1. The van der Waals surface area contributed by atoms with Crippen LogP contribution in [0.15, 0.2) is 84.9 Å². The Morgan fingerprint density at radius 2 is 1.38 bits per heavy atom. The highest BCUT2D eigenvalue weighted by Gasteiger charge is 2.21. The van der Waals surface area contributed by atoms with Gasteiger partial charge in [-0.1, -0.05) is 72.8 Å². The largest absolute Gasteiger partial charge is 0.287 e. The first-order valence-corrected chi connectivity index (χ1v) is 8.19. The molecule has 0 saturated heterocycles. The van der Waals surface area contributed by atoms with Gasteiger partial charge in [0.1, 0.15) is 6.04 Å². The van der Waals surface area contributed by atoms with Gasteiger partial charge in [-0.25, -0.2) is 0 Å². The monoisotopic (exact) mass is 343 g/mol. The van der Waals surface area contributed by atoms with Crippen LogP contribution in [0.2, 0.25) is 0 Å². The van der Waals surface area contributed by atoms with Crippen molar-refractivity contribution < 1.29 is 4.92 Å². The molecule has 5 heteroatoms. The number of nitriles is 1. The highest BCUT2D eigenvalue weighted by atomic mass is 16.6. The first-order valence-electron chi connectivity index (χ1n) is 8.19. The van der Waals surface area contributed by atoms with Crippen LogP contribution in [0.25, 0.3) is 0 Å². The maximum Gasteiger partial charge on any atom is 0.269 e. The zero-order valence-corrected chi connectivity index (χ0v) is 13.9. The summed E-state index contributed by atoms with van der Waals surface area (Å²) in [6.45, 7) is 0. The Hall–Kier alpha value is -3.49. The molecule has 0 fully saturated rings. The van der Waals surface area contributed by atoms with Crippen molar-refractivity contribution in [2.75, 3.05) is 0 Å². The highest BCUT2D eigenvalue weighted by Crippen LogP contribution is 2.27. The summed E-state index contributed by atoms with van der Waals surface area (Å²) in [5.74, 6) is 0. The number of hydrogen-bond donors (Lipinski definition) is 1. The summed E-state index contributed by atoms with van der Waals surface area (Å²) in [7, 11) is 0. The predicted octanol–water partition coefficient (Wildman–Crippen LogP) is 4.54. The van der Waals surface area contributed by atoms with Gasteiger partial charge in [-0.2, -0.15) is 5.26 Å². The maximum atomic E-state index is 11.0. The van der Waals surface area contributed by atoms with E-state index in [-0.39, 0.29) is 11.7 Å². The fourth-order valence-electron chi connectivity index (χ4n) is 2.87. The number of hydrogen-bond acceptors (Lipinski definition) is 4. The van der Waals surface area contributed by atoms with Gasteiger partial charge in [-0.05, 0) is 16.7 Å². The van der Waals surface area contributed by atoms with Crippen LogP contribution in [0.3, 0.4) is 0 Å². The van der Waals surface area contributed by atoms with Crippen molar-refractivity contribution >= 4 is 5.69 Å². The topological polar surface area (TPSA) is 79.0 Å². The Balaban J connectivity index is 1.96. The standard InChI is InChI=1S/C21H17N3O2/c22-15-20(18-12-7-13-19(14-18)24(25)26)23-21(16-8-3-1-4-9-16)17-10-5-2-6-11-17/h1-14,20-21,23H/t20-/m1/s1. The van der Waals surface area contributed by atoms with E-state index in [1.54, 1.807) is 12.1 Å². The Morgan fingerprint density at radius 3 is 1.88 bits per heavy atom. The van der Waals surface area contributed by atoms with Gasteiger partial charge in [0.05, 0.1) is 17.0 Å². The van der Waals surface area contributed by atoms with Gasteiger partial charge in [0, 0.05) is 12.1 Å². The van der Waals surface area contributed by atoms with E-state index in [4.69, 9.17) is 0 Å². The Morgan fingerprint density at radius 1 is 0.846 bits per heavy atom. The first kappa shape index (κ1) is 17.3. The molecule has 1 N–H and O–H groups in total. The lowest BCUT2D eigenvalue weighted by Crippen LogP contribution is -2.26. The molecule has 3 aromatic carbocycles. The first-order chi connectivity index (χ1) is 12.7. The third-order valence-electron chi connectivity index (χ3n) is 4.14. The molecule has 3 rings (SSSR count). The van der Waals surface area contributed by atoms with Gasteiger partial charge in [-0.15, -0.1) is 0 Å². The summed E-state index contributed by atoms with van der Waals surface area (Å²) in [4.78, 5) is 10.6. The van der Waals surface area contributed by atoms with Crippen LogP contribution in [0.5, 0.6) is 0 Å². The summed E-state index contributed by atoms with van der Waals surface area (Å²) in [5.41, 5.74) is 2.58. The van der Waals surface area contributed by atoms with E-state index in [1.807, 2.05) is 60.7 Å².